The highest BCUT2D eigenvalue weighted by Gasteiger charge is 2.01. The molecule has 0 saturated heterocycles. The lowest BCUT2D eigenvalue weighted by Gasteiger charge is -1.94. The fourth-order valence-electron chi connectivity index (χ4n) is 0.823. The van der Waals surface area contributed by atoms with Gasteiger partial charge in [0, 0.05) is 5.57 Å². The third-order valence-electron chi connectivity index (χ3n) is 1.58. The van der Waals surface area contributed by atoms with Gasteiger partial charge in [-0.25, -0.2) is 4.79 Å². The molecule has 0 spiro atoms. The lowest BCUT2D eigenvalue weighted by Crippen LogP contribution is -1.98. The minimum absolute atomic E-state index is 0.461. The van der Waals surface area contributed by atoms with Crippen molar-refractivity contribution in [2.24, 2.45) is 0 Å². The predicted molar refractivity (Wildman–Crippen MR) is 50.1 cm³/mol. The Balaban J connectivity index is 3.82. The first-order chi connectivity index (χ1) is 5.72. The highest BCUT2D eigenvalue weighted by molar-refractivity contribution is 5.86. The van der Waals surface area contributed by atoms with Gasteiger partial charge in [0.1, 0.15) is 0 Å². The van der Waals surface area contributed by atoms with E-state index in [1.165, 1.54) is 0 Å². The number of hydrogen-bond donors (Lipinski definition) is 1. The molecule has 0 saturated carbocycles. The van der Waals surface area contributed by atoms with Gasteiger partial charge in [0.15, 0.2) is 0 Å². The normalized spacial score (nSPS) is 12.3. The van der Waals surface area contributed by atoms with Crippen LogP contribution in [-0.4, -0.2) is 11.1 Å². The van der Waals surface area contributed by atoms with Gasteiger partial charge in [0.25, 0.3) is 0 Å². The molecule has 1 N–H and O–H groups in total. The van der Waals surface area contributed by atoms with Gasteiger partial charge in [0.05, 0.1) is 0 Å². The number of hydrogen-bond acceptors (Lipinski definition) is 1. The van der Waals surface area contributed by atoms with Crippen molar-refractivity contribution < 1.29 is 9.90 Å². The van der Waals surface area contributed by atoms with Gasteiger partial charge in [-0.3, -0.25) is 0 Å². The number of carbonyl (C=O) groups is 1. The first-order valence-electron chi connectivity index (χ1n) is 4.25. The number of aliphatic carboxylic acids is 1. The molecule has 0 aromatic carbocycles. The van der Waals surface area contributed by atoms with E-state index in [2.05, 4.69) is 6.92 Å². The zero-order valence-electron chi connectivity index (χ0n) is 7.71. The molecule has 0 aliphatic rings. The first kappa shape index (κ1) is 11.0. The summed E-state index contributed by atoms with van der Waals surface area (Å²) in [7, 11) is 0. The first-order valence-corrected chi connectivity index (χ1v) is 4.25. The van der Waals surface area contributed by atoms with E-state index in [1.807, 2.05) is 12.2 Å². The molecule has 68 valence electrons. The molecule has 0 aromatic heterocycles. The van der Waals surface area contributed by atoms with Crippen molar-refractivity contribution in [2.75, 3.05) is 0 Å². The summed E-state index contributed by atoms with van der Waals surface area (Å²) in [6, 6.07) is 0. The molecule has 0 amide bonds. The van der Waals surface area contributed by atoms with E-state index in [0.29, 0.717) is 12.0 Å². The molecule has 0 rings (SSSR count). The molecule has 0 heterocycles. The van der Waals surface area contributed by atoms with Crippen LogP contribution in [0.2, 0.25) is 0 Å². The number of carboxylic acids is 1. The van der Waals surface area contributed by atoms with E-state index in [9.17, 15) is 4.79 Å². The fourth-order valence-corrected chi connectivity index (χ4v) is 0.823. The van der Waals surface area contributed by atoms with Crippen molar-refractivity contribution in [2.45, 2.75) is 33.1 Å². The van der Waals surface area contributed by atoms with E-state index in [-0.39, 0.29) is 0 Å². The van der Waals surface area contributed by atoms with Gasteiger partial charge in [-0.15, -0.1) is 0 Å². The van der Waals surface area contributed by atoms with E-state index < -0.39 is 5.97 Å². The van der Waals surface area contributed by atoms with Crippen molar-refractivity contribution >= 4 is 5.97 Å². The Morgan fingerprint density at radius 1 is 1.42 bits per heavy atom. The Kier molecular flexibility index (Phi) is 6.07. The van der Waals surface area contributed by atoms with Crippen LogP contribution in [0, 0.1) is 0 Å². The number of rotatable bonds is 5. The highest BCUT2D eigenvalue weighted by Crippen LogP contribution is 2.03. The quantitative estimate of drug-likeness (QED) is 0.506. The molecule has 0 aliphatic heterocycles. The maximum absolute atomic E-state index is 10.5. The van der Waals surface area contributed by atoms with E-state index in [1.54, 1.807) is 13.0 Å². The predicted octanol–water partition coefficient (Wildman–Crippen LogP) is 2.76. The summed E-state index contributed by atoms with van der Waals surface area (Å²) in [6.07, 6.45) is 8.23. The Morgan fingerprint density at radius 3 is 2.50 bits per heavy atom. The average Bonchev–Trinajstić information content (AvgIpc) is 2.04. The summed E-state index contributed by atoms with van der Waals surface area (Å²) >= 11 is 0. The zero-order valence-corrected chi connectivity index (χ0v) is 7.71. The standard InChI is InChI=1S/C10H16O2/c1-3-5-6-7-8-9(4-2)10(11)12/h4,6-7H,3,5,8H2,1-2H3,(H,11,12). The summed E-state index contributed by atoms with van der Waals surface area (Å²) in [5.41, 5.74) is 0.461. The molecule has 0 unspecified atom stereocenters. The van der Waals surface area contributed by atoms with E-state index in [0.717, 1.165) is 12.8 Å². The molecule has 0 aromatic rings. The van der Waals surface area contributed by atoms with Crippen molar-refractivity contribution in [1.82, 2.24) is 0 Å². The number of carboxylic acid groups (broad SMARTS) is 1. The molecule has 0 radical (unpaired) electrons. The van der Waals surface area contributed by atoms with Crippen LogP contribution in [0.5, 0.6) is 0 Å². The average molecular weight is 168 g/mol. The lowest BCUT2D eigenvalue weighted by molar-refractivity contribution is -0.132. The minimum atomic E-state index is -0.821. The van der Waals surface area contributed by atoms with Crippen molar-refractivity contribution in [3.63, 3.8) is 0 Å². The van der Waals surface area contributed by atoms with Gasteiger partial charge >= 0.3 is 5.97 Å². The second-order valence-electron chi connectivity index (χ2n) is 2.58. The molecule has 0 aliphatic carbocycles. The SMILES string of the molecule is CC=C(CC=CCCC)C(=O)O. The van der Waals surface area contributed by atoms with Gasteiger partial charge in [-0.05, 0) is 19.8 Å². The molecule has 0 bridgehead atoms. The third kappa shape index (κ3) is 4.72. The Morgan fingerprint density at radius 2 is 2.08 bits per heavy atom. The molecular formula is C10H16O2. The van der Waals surface area contributed by atoms with Gasteiger partial charge < -0.3 is 5.11 Å². The summed E-state index contributed by atoms with van der Waals surface area (Å²) < 4.78 is 0. The monoisotopic (exact) mass is 168 g/mol. The number of allylic oxidation sites excluding steroid dienone is 3. The van der Waals surface area contributed by atoms with Crippen LogP contribution >= 0.6 is 0 Å². The van der Waals surface area contributed by atoms with Gasteiger partial charge in [-0.1, -0.05) is 31.6 Å². The van der Waals surface area contributed by atoms with Crippen LogP contribution in [0.25, 0.3) is 0 Å². The molecule has 2 heteroatoms. The third-order valence-corrected chi connectivity index (χ3v) is 1.58. The minimum Gasteiger partial charge on any atom is -0.478 e. The van der Waals surface area contributed by atoms with Crippen LogP contribution in [-0.2, 0) is 4.79 Å². The molecule has 2 nitrogen and oxygen atoms in total. The summed E-state index contributed by atoms with van der Waals surface area (Å²) in [4.78, 5) is 10.5. The van der Waals surface area contributed by atoms with Gasteiger partial charge in [-0.2, -0.15) is 0 Å². The summed E-state index contributed by atoms with van der Waals surface area (Å²) in [5, 5.41) is 8.63. The highest BCUT2D eigenvalue weighted by atomic mass is 16.4. The Hall–Kier alpha value is -1.05. The zero-order chi connectivity index (χ0) is 9.40. The smallest absolute Gasteiger partial charge is 0.331 e. The second-order valence-corrected chi connectivity index (χ2v) is 2.58. The van der Waals surface area contributed by atoms with Crippen LogP contribution < -0.4 is 0 Å². The second kappa shape index (κ2) is 6.65. The van der Waals surface area contributed by atoms with Crippen molar-refractivity contribution in [1.29, 1.82) is 0 Å². The summed E-state index contributed by atoms with van der Waals surface area (Å²) in [6.45, 7) is 3.84. The Bertz CT molecular complexity index is 190. The van der Waals surface area contributed by atoms with E-state index >= 15 is 0 Å². The van der Waals surface area contributed by atoms with E-state index in [4.69, 9.17) is 5.11 Å². The van der Waals surface area contributed by atoms with Crippen LogP contribution in [0.1, 0.15) is 33.1 Å². The largest absolute Gasteiger partial charge is 0.478 e. The maximum atomic E-state index is 10.5. The van der Waals surface area contributed by atoms with Gasteiger partial charge in [0.2, 0.25) is 0 Å². The Labute approximate surface area is 73.6 Å². The van der Waals surface area contributed by atoms with Crippen molar-refractivity contribution in [3.05, 3.63) is 23.8 Å². The fraction of sp³-hybridized carbons (Fsp3) is 0.500. The van der Waals surface area contributed by atoms with Crippen LogP contribution in [0.4, 0.5) is 0 Å². The lowest BCUT2D eigenvalue weighted by atomic mass is 10.1. The molecule has 0 fully saturated rings. The maximum Gasteiger partial charge on any atom is 0.331 e. The summed E-state index contributed by atoms with van der Waals surface area (Å²) in [5.74, 6) is -0.821. The molecule has 0 atom stereocenters. The molecular weight excluding hydrogens is 152 g/mol. The van der Waals surface area contributed by atoms with Crippen LogP contribution in [0.3, 0.4) is 0 Å². The number of unbranched alkanes of at least 4 members (excludes halogenated alkanes) is 1. The van der Waals surface area contributed by atoms with Crippen molar-refractivity contribution in [3.8, 4) is 0 Å². The topological polar surface area (TPSA) is 37.3 Å². The van der Waals surface area contributed by atoms with Crippen LogP contribution in [0.15, 0.2) is 23.8 Å². The molecule has 12 heavy (non-hydrogen) atoms.